The molecule has 1 amide bonds. The quantitative estimate of drug-likeness (QED) is 0.855. The Hall–Kier alpha value is -1.55. The SMILES string of the molecule is Cc1ccc(OCCC(=O)N(C)CC(C)O)c(C)c1. The molecule has 0 radical (unpaired) electrons. The van der Waals surface area contributed by atoms with Crippen LogP contribution in [0.25, 0.3) is 0 Å². The lowest BCUT2D eigenvalue weighted by Gasteiger charge is -2.19. The van der Waals surface area contributed by atoms with Crippen LogP contribution in [0.4, 0.5) is 0 Å². The summed E-state index contributed by atoms with van der Waals surface area (Å²) in [5, 5.41) is 9.21. The smallest absolute Gasteiger partial charge is 0.225 e. The third-order valence-electron chi connectivity index (χ3n) is 2.87. The fourth-order valence-electron chi connectivity index (χ4n) is 1.90. The fourth-order valence-corrected chi connectivity index (χ4v) is 1.90. The Balaban J connectivity index is 2.39. The largest absolute Gasteiger partial charge is 0.493 e. The fraction of sp³-hybridized carbons (Fsp3) is 0.533. The molecule has 0 aliphatic rings. The number of carbonyl (C=O) groups is 1. The molecule has 0 aromatic heterocycles. The molecule has 1 rings (SSSR count). The molecule has 1 aromatic carbocycles. The van der Waals surface area contributed by atoms with Crippen molar-refractivity contribution in [2.45, 2.75) is 33.3 Å². The first-order valence-electron chi connectivity index (χ1n) is 6.52. The number of hydrogen-bond donors (Lipinski definition) is 1. The lowest BCUT2D eigenvalue weighted by molar-refractivity contribution is -0.131. The molecule has 4 nitrogen and oxygen atoms in total. The maximum atomic E-state index is 11.7. The number of nitrogens with zero attached hydrogens (tertiary/aromatic N) is 1. The van der Waals surface area contributed by atoms with Gasteiger partial charge in [-0.2, -0.15) is 0 Å². The molecular weight excluding hydrogens is 242 g/mol. The Morgan fingerprint density at radius 2 is 2.11 bits per heavy atom. The van der Waals surface area contributed by atoms with Crippen LogP contribution in [0.15, 0.2) is 18.2 Å². The Labute approximate surface area is 115 Å². The summed E-state index contributed by atoms with van der Waals surface area (Å²) in [6, 6.07) is 5.97. The van der Waals surface area contributed by atoms with E-state index in [1.165, 1.54) is 10.5 Å². The molecule has 1 N–H and O–H groups in total. The minimum Gasteiger partial charge on any atom is -0.493 e. The van der Waals surface area contributed by atoms with Gasteiger partial charge in [0, 0.05) is 13.6 Å². The summed E-state index contributed by atoms with van der Waals surface area (Å²) in [5.74, 6) is 0.794. The van der Waals surface area contributed by atoms with E-state index in [1.807, 2.05) is 26.0 Å². The van der Waals surface area contributed by atoms with Gasteiger partial charge in [-0.3, -0.25) is 4.79 Å². The van der Waals surface area contributed by atoms with Crippen LogP contribution in [0.2, 0.25) is 0 Å². The van der Waals surface area contributed by atoms with Crippen LogP contribution in [0.3, 0.4) is 0 Å². The molecule has 0 fully saturated rings. The molecule has 1 atom stereocenters. The minimum atomic E-state index is -0.505. The van der Waals surface area contributed by atoms with Crippen LogP contribution in [0.5, 0.6) is 5.75 Å². The van der Waals surface area contributed by atoms with Crippen molar-refractivity contribution in [3.05, 3.63) is 29.3 Å². The maximum absolute atomic E-state index is 11.7. The lowest BCUT2D eigenvalue weighted by atomic mass is 10.1. The lowest BCUT2D eigenvalue weighted by Crippen LogP contribution is -2.33. The molecule has 0 bridgehead atoms. The van der Waals surface area contributed by atoms with Gasteiger partial charge in [0.05, 0.1) is 19.1 Å². The third kappa shape index (κ3) is 5.30. The highest BCUT2D eigenvalue weighted by Gasteiger charge is 2.11. The summed E-state index contributed by atoms with van der Waals surface area (Å²) in [6.45, 7) is 6.39. The number of rotatable bonds is 6. The van der Waals surface area contributed by atoms with Gasteiger partial charge in [0.25, 0.3) is 0 Å². The second-order valence-corrected chi connectivity index (χ2v) is 4.99. The first-order valence-corrected chi connectivity index (χ1v) is 6.52. The number of amides is 1. The monoisotopic (exact) mass is 265 g/mol. The van der Waals surface area contributed by atoms with E-state index in [2.05, 4.69) is 6.07 Å². The summed E-state index contributed by atoms with van der Waals surface area (Å²) in [6.07, 6.45) is -0.189. The van der Waals surface area contributed by atoms with E-state index in [0.717, 1.165) is 11.3 Å². The van der Waals surface area contributed by atoms with Gasteiger partial charge >= 0.3 is 0 Å². The highest BCUT2D eigenvalue weighted by Crippen LogP contribution is 2.18. The zero-order valence-corrected chi connectivity index (χ0v) is 12.1. The molecule has 0 saturated heterocycles. The predicted molar refractivity (Wildman–Crippen MR) is 75.3 cm³/mol. The number of benzene rings is 1. The number of carbonyl (C=O) groups excluding carboxylic acids is 1. The topological polar surface area (TPSA) is 49.8 Å². The first-order chi connectivity index (χ1) is 8.90. The van der Waals surface area contributed by atoms with Gasteiger partial charge in [0.15, 0.2) is 0 Å². The van der Waals surface area contributed by atoms with Crippen LogP contribution >= 0.6 is 0 Å². The van der Waals surface area contributed by atoms with E-state index in [1.54, 1.807) is 14.0 Å². The van der Waals surface area contributed by atoms with Gasteiger partial charge in [-0.15, -0.1) is 0 Å². The van der Waals surface area contributed by atoms with Gasteiger partial charge in [0.1, 0.15) is 5.75 Å². The van der Waals surface area contributed by atoms with E-state index >= 15 is 0 Å². The van der Waals surface area contributed by atoms with Crippen LogP contribution in [0, 0.1) is 13.8 Å². The van der Waals surface area contributed by atoms with Crippen LogP contribution in [-0.4, -0.2) is 42.2 Å². The van der Waals surface area contributed by atoms with Crippen molar-refractivity contribution in [2.75, 3.05) is 20.2 Å². The molecule has 4 heteroatoms. The van der Waals surface area contributed by atoms with Crippen molar-refractivity contribution in [1.82, 2.24) is 4.90 Å². The van der Waals surface area contributed by atoms with Crippen molar-refractivity contribution < 1.29 is 14.6 Å². The first kappa shape index (κ1) is 15.5. The van der Waals surface area contributed by atoms with E-state index in [4.69, 9.17) is 4.74 Å². The van der Waals surface area contributed by atoms with Gasteiger partial charge in [0.2, 0.25) is 5.91 Å². The maximum Gasteiger partial charge on any atom is 0.225 e. The average Bonchev–Trinajstić information content (AvgIpc) is 2.30. The van der Waals surface area contributed by atoms with Crippen LogP contribution < -0.4 is 4.74 Å². The Bertz CT molecular complexity index is 429. The average molecular weight is 265 g/mol. The molecule has 1 aromatic rings. The zero-order chi connectivity index (χ0) is 14.4. The van der Waals surface area contributed by atoms with Crippen molar-refractivity contribution in [3.63, 3.8) is 0 Å². The number of aryl methyl sites for hydroxylation is 2. The van der Waals surface area contributed by atoms with Crippen molar-refractivity contribution in [3.8, 4) is 5.75 Å². The van der Waals surface area contributed by atoms with Gasteiger partial charge in [-0.05, 0) is 32.4 Å². The number of likely N-dealkylation sites (N-methyl/N-ethyl adjacent to an activating group) is 1. The Morgan fingerprint density at radius 1 is 1.42 bits per heavy atom. The highest BCUT2D eigenvalue weighted by molar-refractivity contribution is 5.76. The summed E-state index contributed by atoms with van der Waals surface area (Å²) in [4.78, 5) is 13.3. The molecule has 0 heterocycles. The standard InChI is InChI=1S/C15H23NO3/c1-11-5-6-14(12(2)9-11)19-8-7-15(18)16(4)10-13(3)17/h5-6,9,13,17H,7-8,10H2,1-4H3. The molecular formula is C15H23NO3. The van der Waals surface area contributed by atoms with Crippen molar-refractivity contribution in [2.24, 2.45) is 0 Å². The number of ether oxygens (including phenoxy) is 1. The van der Waals surface area contributed by atoms with E-state index in [9.17, 15) is 9.90 Å². The predicted octanol–water partition coefficient (Wildman–Crippen LogP) is 1.91. The minimum absolute atomic E-state index is 0.0225. The van der Waals surface area contributed by atoms with E-state index in [0.29, 0.717) is 19.6 Å². The molecule has 0 saturated carbocycles. The summed E-state index contributed by atoms with van der Waals surface area (Å²) in [7, 11) is 1.69. The second kappa shape index (κ2) is 7.14. The van der Waals surface area contributed by atoms with Gasteiger partial charge < -0.3 is 14.7 Å². The van der Waals surface area contributed by atoms with Crippen molar-refractivity contribution in [1.29, 1.82) is 0 Å². The number of aliphatic hydroxyl groups excluding tert-OH is 1. The zero-order valence-electron chi connectivity index (χ0n) is 12.1. The van der Waals surface area contributed by atoms with E-state index in [-0.39, 0.29) is 5.91 Å². The molecule has 19 heavy (non-hydrogen) atoms. The normalized spacial score (nSPS) is 12.1. The highest BCUT2D eigenvalue weighted by atomic mass is 16.5. The Kier molecular flexibility index (Phi) is 5.83. The summed E-state index contributed by atoms with van der Waals surface area (Å²) in [5.41, 5.74) is 2.27. The molecule has 106 valence electrons. The molecule has 0 spiro atoms. The van der Waals surface area contributed by atoms with E-state index < -0.39 is 6.10 Å². The second-order valence-electron chi connectivity index (χ2n) is 4.99. The number of aliphatic hydroxyl groups is 1. The van der Waals surface area contributed by atoms with Crippen LogP contribution in [-0.2, 0) is 4.79 Å². The Morgan fingerprint density at radius 3 is 2.68 bits per heavy atom. The molecule has 0 aliphatic heterocycles. The summed E-state index contributed by atoms with van der Waals surface area (Å²) >= 11 is 0. The van der Waals surface area contributed by atoms with Gasteiger partial charge in [-0.25, -0.2) is 0 Å². The van der Waals surface area contributed by atoms with Crippen LogP contribution in [0.1, 0.15) is 24.5 Å². The molecule has 0 aliphatic carbocycles. The summed E-state index contributed by atoms with van der Waals surface area (Å²) < 4.78 is 5.61. The van der Waals surface area contributed by atoms with Crippen molar-refractivity contribution >= 4 is 5.91 Å². The van der Waals surface area contributed by atoms with Gasteiger partial charge in [-0.1, -0.05) is 17.7 Å². The third-order valence-corrected chi connectivity index (χ3v) is 2.87. The molecule has 1 unspecified atom stereocenters. The number of hydrogen-bond acceptors (Lipinski definition) is 3.